The second kappa shape index (κ2) is 7.14. The van der Waals surface area contributed by atoms with Gasteiger partial charge in [-0.3, -0.25) is 9.69 Å². The SMILES string of the molecule is CCC1CN(C(CN)CC(=O)NC)CCS1. The molecule has 0 aromatic carbocycles. The summed E-state index contributed by atoms with van der Waals surface area (Å²) in [5.41, 5.74) is 5.77. The highest BCUT2D eigenvalue weighted by atomic mass is 32.2. The van der Waals surface area contributed by atoms with Crippen LogP contribution in [-0.4, -0.2) is 54.5 Å². The average Bonchev–Trinajstić information content (AvgIpc) is 2.35. The number of nitrogens with two attached hydrogens (primary N) is 1. The molecule has 1 aliphatic heterocycles. The lowest BCUT2D eigenvalue weighted by Gasteiger charge is -2.37. The fourth-order valence-electron chi connectivity index (χ4n) is 2.00. The third-order valence-electron chi connectivity index (χ3n) is 3.11. The molecule has 0 aromatic rings. The maximum atomic E-state index is 11.4. The minimum atomic E-state index is 0.0849. The van der Waals surface area contributed by atoms with Gasteiger partial charge in [0.25, 0.3) is 0 Å². The molecule has 1 heterocycles. The van der Waals surface area contributed by atoms with Crippen LogP contribution in [0, 0.1) is 0 Å². The van der Waals surface area contributed by atoms with Crippen molar-refractivity contribution in [2.75, 3.05) is 32.4 Å². The van der Waals surface area contributed by atoms with Gasteiger partial charge in [0.2, 0.25) is 5.91 Å². The highest BCUT2D eigenvalue weighted by Crippen LogP contribution is 2.23. The molecular formula is C11H23N3OS. The van der Waals surface area contributed by atoms with Crippen LogP contribution in [0.4, 0.5) is 0 Å². The number of nitrogens with zero attached hydrogens (tertiary/aromatic N) is 1. The molecule has 0 bridgehead atoms. The number of nitrogens with one attached hydrogen (secondary N) is 1. The van der Waals surface area contributed by atoms with E-state index in [0.717, 1.165) is 18.8 Å². The molecule has 16 heavy (non-hydrogen) atoms. The van der Waals surface area contributed by atoms with E-state index in [1.807, 2.05) is 11.8 Å². The van der Waals surface area contributed by atoms with Gasteiger partial charge in [-0.05, 0) is 6.42 Å². The minimum Gasteiger partial charge on any atom is -0.359 e. The first-order valence-electron chi connectivity index (χ1n) is 5.97. The Morgan fingerprint density at radius 3 is 3.00 bits per heavy atom. The highest BCUT2D eigenvalue weighted by Gasteiger charge is 2.25. The fourth-order valence-corrected chi connectivity index (χ4v) is 3.20. The van der Waals surface area contributed by atoms with Crippen molar-refractivity contribution >= 4 is 17.7 Å². The molecule has 0 spiro atoms. The summed E-state index contributed by atoms with van der Waals surface area (Å²) < 4.78 is 0. The van der Waals surface area contributed by atoms with Crippen LogP contribution in [0.1, 0.15) is 19.8 Å². The zero-order valence-electron chi connectivity index (χ0n) is 10.2. The number of hydrogen-bond donors (Lipinski definition) is 2. The molecule has 5 heteroatoms. The van der Waals surface area contributed by atoms with Gasteiger partial charge >= 0.3 is 0 Å². The monoisotopic (exact) mass is 245 g/mol. The van der Waals surface area contributed by atoms with Crippen molar-refractivity contribution in [3.05, 3.63) is 0 Å². The second-order valence-electron chi connectivity index (χ2n) is 4.16. The van der Waals surface area contributed by atoms with Gasteiger partial charge in [-0.25, -0.2) is 0 Å². The quantitative estimate of drug-likeness (QED) is 0.730. The maximum Gasteiger partial charge on any atom is 0.221 e. The summed E-state index contributed by atoms with van der Waals surface area (Å²) in [5, 5.41) is 3.37. The lowest BCUT2D eigenvalue weighted by Crippen LogP contribution is -2.49. The molecule has 0 radical (unpaired) electrons. The molecule has 94 valence electrons. The summed E-state index contributed by atoms with van der Waals surface area (Å²) in [6.45, 7) is 4.91. The molecule has 0 aliphatic carbocycles. The molecular weight excluding hydrogens is 222 g/mol. The minimum absolute atomic E-state index is 0.0849. The third-order valence-corrected chi connectivity index (χ3v) is 4.49. The summed E-state index contributed by atoms with van der Waals surface area (Å²) in [5.74, 6) is 1.24. The smallest absolute Gasteiger partial charge is 0.221 e. The Kier molecular flexibility index (Phi) is 6.16. The van der Waals surface area contributed by atoms with Crippen molar-refractivity contribution in [3.8, 4) is 0 Å². The van der Waals surface area contributed by atoms with Crippen molar-refractivity contribution < 1.29 is 4.79 Å². The van der Waals surface area contributed by atoms with E-state index in [-0.39, 0.29) is 11.9 Å². The van der Waals surface area contributed by atoms with Gasteiger partial charge in [0.05, 0.1) is 0 Å². The Balaban J connectivity index is 2.48. The molecule has 3 N–H and O–H groups in total. The largest absolute Gasteiger partial charge is 0.359 e. The van der Waals surface area contributed by atoms with Crippen LogP contribution in [0.15, 0.2) is 0 Å². The standard InChI is InChI=1S/C11H23N3OS/c1-3-10-8-14(4-5-16-10)9(7-12)6-11(15)13-2/h9-10H,3-8,12H2,1-2H3,(H,13,15). The zero-order valence-corrected chi connectivity index (χ0v) is 11.1. The lowest BCUT2D eigenvalue weighted by atomic mass is 10.1. The van der Waals surface area contributed by atoms with E-state index in [4.69, 9.17) is 5.73 Å². The highest BCUT2D eigenvalue weighted by molar-refractivity contribution is 8.00. The Morgan fingerprint density at radius 1 is 1.69 bits per heavy atom. The first-order chi connectivity index (χ1) is 7.71. The number of carbonyl (C=O) groups is 1. The molecule has 1 rings (SSSR count). The van der Waals surface area contributed by atoms with E-state index in [1.54, 1.807) is 7.05 Å². The molecule has 2 unspecified atom stereocenters. The lowest BCUT2D eigenvalue weighted by molar-refractivity contribution is -0.121. The molecule has 4 nitrogen and oxygen atoms in total. The van der Waals surface area contributed by atoms with Crippen LogP contribution in [0.5, 0.6) is 0 Å². The van der Waals surface area contributed by atoms with Crippen LogP contribution in [0.2, 0.25) is 0 Å². The third kappa shape index (κ3) is 3.96. The van der Waals surface area contributed by atoms with Gasteiger partial charge in [0, 0.05) is 50.1 Å². The van der Waals surface area contributed by atoms with Crippen LogP contribution in [-0.2, 0) is 4.79 Å². The topological polar surface area (TPSA) is 58.4 Å². The number of thioether (sulfide) groups is 1. The van der Waals surface area contributed by atoms with Crippen molar-refractivity contribution in [2.45, 2.75) is 31.1 Å². The van der Waals surface area contributed by atoms with E-state index < -0.39 is 0 Å². The molecule has 2 atom stereocenters. The van der Waals surface area contributed by atoms with Gasteiger partial charge in [-0.2, -0.15) is 11.8 Å². The molecule has 1 saturated heterocycles. The van der Waals surface area contributed by atoms with Crippen molar-refractivity contribution in [1.29, 1.82) is 0 Å². The number of rotatable bonds is 5. The predicted molar refractivity (Wildman–Crippen MR) is 69.6 cm³/mol. The average molecular weight is 245 g/mol. The van der Waals surface area contributed by atoms with Crippen LogP contribution in [0.25, 0.3) is 0 Å². The van der Waals surface area contributed by atoms with Gasteiger partial charge in [0.15, 0.2) is 0 Å². The summed E-state index contributed by atoms with van der Waals surface area (Å²) >= 11 is 2.04. The van der Waals surface area contributed by atoms with Gasteiger partial charge < -0.3 is 11.1 Å². The van der Waals surface area contributed by atoms with Gasteiger partial charge in [-0.15, -0.1) is 0 Å². The Hall–Kier alpha value is -0.260. The summed E-state index contributed by atoms with van der Waals surface area (Å²) in [6, 6.07) is 0.204. The Bertz CT molecular complexity index is 225. The van der Waals surface area contributed by atoms with E-state index in [0.29, 0.717) is 18.2 Å². The van der Waals surface area contributed by atoms with Crippen LogP contribution < -0.4 is 11.1 Å². The Morgan fingerprint density at radius 2 is 2.44 bits per heavy atom. The van der Waals surface area contributed by atoms with Crippen LogP contribution >= 0.6 is 11.8 Å². The normalized spacial score (nSPS) is 24.1. The summed E-state index contributed by atoms with van der Waals surface area (Å²) in [4.78, 5) is 13.8. The summed E-state index contributed by atoms with van der Waals surface area (Å²) in [6.07, 6.45) is 1.71. The van der Waals surface area contributed by atoms with Crippen LogP contribution in [0.3, 0.4) is 0 Å². The van der Waals surface area contributed by atoms with Gasteiger partial charge in [-0.1, -0.05) is 6.92 Å². The van der Waals surface area contributed by atoms with E-state index in [1.165, 1.54) is 6.42 Å². The van der Waals surface area contributed by atoms with E-state index in [2.05, 4.69) is 17.1 Å². The van der Waals surface area contributed by atoms with E-state index >= 15 is 0 Å². The second-order valence-corrected chi connectivity index (χ2v) is 5.57. The first-order valence-corrected chi connectivity index (χ1v) is 7.02. The Labute approximate surface area is 102 Å². The molecule has 0 aromatic heterocycles. The van der Waals surface area contributed by atoms with Crippen molar-refractivity contribution in [1.82, 2.24) is 10.2 Å². The fraction of sp³-hybridized carbons (Fsp3) is 0.909. The molecule has 1 amide bonds. The number of carbonyl (C=O) groups excluding carboxylic acids is 1. The molecule has 0 saturated carbocycles. The van der Waals surface area contributed by atoms with Crippen molar-refractivity contribution in [3.63, 3.8) is 0 Å². The summed E-state index contributed by atoms with van der Waals surface area (Å²) in [7, 11) is 1.68. The number of amides is 1. The van der Waals surface area contributed by atoms with Crippen molar-refractivity contribution in [2.24, 2.45) is 5.73 Å². The zero-order chi connectivity index (χ0) is 12.0. The number of hydrogen-bond acceptors (Lipinski definition) is 4. The maximum absolute atomic E-state index is 11.4. The van der Waals surface area contributed by atoms with Gasteiger partial charge in [0.1, 0.15) is 0 Å². The molecule has 1 aliphatic rings. The van der Waals surface area contributed by atoms with E-state index in [9.17, 15) is 4.79 Å². The predicted octanol–water partition coefficient (Wildman–Crippen LogP) is 0.277. The first kappa shape index (κ1) is 13.8. The molecule has 1 fully saturated rings.